The molecule has 0 aliphatic heterocycles. The summed E-state index contributed by atoms with van der Waals surface area (Å²) in [5, 5.41) is 22.0. The summed E-state index contributed by atoms with van der Waals surface area (Å²) in [5.41, 5.74) is 33.9. The third kappa shape index (κ3) is 8.24. The topological polar surface area (TPSA) is 13.1 Å². The molecule has 1 heteroatoms. The van der Waals surface area contributed by atoms with E-state index in [0.29, 0.717) is 0 Å². The molecule has 0 bridgehead atoms. The lowest BCUT2D eigenvalue weighted by Crippen LogP contribution is -2.26. The van der Waals surface area contributed by atoms with Gasteiger partial charge in [0.05, 0.1) is 10.8 Å². The van der Waals surface area contributed by atoms with Crippen molar-refractivity contribution in [2.45, 2.75) is 10.8 Å². The zero-order valence-corrected chi connectivity index (χ0v) is 61.4. The van der Waals surface area contributed by atoms with Gasteiger partial charge in [0, 0.05) is 10.8 Å². The maximum Gasteiger partial charge on any atom is 0.135 e. The van der Waals surface area contributed by atoms with Crippen molar-refractivity contribution in [3.8, 4) is 100 Å². The molecule has 4 aliphatic carbocycles. The van der Waals surface area contributed by atoms with E-state index in [1.54, 1.807) is 0 Å². The first-order valence-electron chi connectivity index (χ1n) is 39.6. The van der Waals surface area contributed by atoms with Crippen molar-refractivity contribution in [2.24, 2.45) is 0 Å². The molecule has 2 spiro atoms. The van der Waals surface area contributed by atoms with Gasteiger partial charge in [-0.1, -0.05) is 297 Å². The maximum absolute atomic E-state index is 6.54. The van der Waals surface area contributed by atoms with Gasteiger partial charge in [-0.25, -0.2) is 0 Å². The van der Waals surface area contributed by atoms with Gasteiger partial charge in [-0.05, 0) is 322 Å². The van der Waals surface area contributed by atoms with Crippen LogP contribution in [0.1, 0.15) is 44.5 Å². The number of furan rings is 1. The number of rotatable bonds is 5. The molecular weight excluding hydrogens is 1360 g/mol. The Morgan fingerprint density at radius 3 is 1.23 bits per heavy atom. The molecule has 22 aromatic rings. The molecular formula is C112H64O. The molecule has 4 aliphatic rings. The van der Waals surface area contributed by atoms with Crippen LogP contribution in [0.4, 0.5) is 0 Å². The SMILES string of the molecule is c1cc(-c2ccc3cc4c(cc3c2)C2(c3ccccc3-c3ccccc32)c2cc3ccccc3cc2-4)cc(-c2c3ccccc3c(-c3ccc4oc5ccccc5c4c3)c3cc(-c4ccc5cc6c(cc5c4)-c4ccc5cc(-c7cc8ccccc8c8ccccc78)ccc5c4C64c5ccccc5-c5ccccc54)ccc23)c1. The molecule has 0 N–H and O–H groups in total. The molecule has 1 aromatic heterocycles. The van der Waals surface area contributed by atoms with Crippen LogP contribution in [-0.2, 0) is 10.8 Å². The van der Waals surface area contributed by atoms with E-state index in [1.165, 1.54) is 220 Å². The van der Waals surface area contributed by atoms with Gasteiger partial charge >= 0.3 is 0 Å². The van der Waals surface area contributed by atoms with Gasteiger partial charge in [0.1, 0.15) is 11.2 Å². The highest BCUT2D eigenvalue weighted by Crippen LogP contribution is 2.67. The summed E-state index contributed by atoms with van der Waals surface area (Å²) in [4.78, 5) is 0. The van der Waals surface area contributed by atoms with Crippen molar-refractivity contribution in [3.63, 3.8) is 0 Å². The Balaban J connectivity index is 0.646. The lowest BCUT2D eigenvalue weighted by molar-refractivity contribution is 0.669. The average molecular weight is 1430 g/mol. The molecule has 0 amide bonds. The van der Waals surface area contributed by atoms with Gasteiger partial charge in [-0.2, -0.15) is 0 Å². The highest BCUT2D eigenvalue weighted by Gasteiger charge is 2.54. The Bertz CT molecular complexity index is 7980. The lowest BCUT2D eigenvalue weighted by Gasteiger charge is -2.31. The Morgan fingerprint density at radius 1 is 0.150 bits per heavy atom. The molecule has 0 atom stereocenters. The zero-order chi connectivity index (χ0) is 73.5. The number of hydrogen-bond donors (Lipinski definition) is 0. The fourth-order valence-electron chi connectivity index (χ4n) is 21.8. The van der Waals surface area contributed by atoms with Crippen LogP contribution in [0.2, 0.25) is 0 Å². The van der Waals surface area contributed by atoms with Crippen molar-refractivity contribution in [1.29, 1.82) is 0 Å². The normalized spacial score (nSPS) is 13.6. The van der Waals surface area contributed by atoms with Crippen LogP contribution in [-0.4, -0.2) is 0 Å². The molecule has 21 aromatic carbocycles. The first-order valence-corrected chi connectivity index (χ1v) is 39.6. The van der Waals surface area contributed by atoms with E-state index in [-0.39, 0.29) is 0 Å². The summed E-state index contributed by atoms with van der Waals surface area (Å²) in [5.74, 6) is 0. The highest BCUT2D eigenvalue weighted by molar-refractivity contribution is 6.24. The van der Waals surface area contributed by atoms with Gasteiger partial charge < -0.3 is 4.42 Å². The van der Waals surface area contributed by atoms with Crippen LogP contribution in [0, 0.1) is 0 Å². The highest BCUT2D eigenvalue weighted by atomic mass is 16.3. The monoisotopic (exact) mass is 1420 g/mol. The van der Waals surface area contributed by atoms with E-state index in [1.807, 2.05) is 0 Å². The number of fused-ring (bicyclic) bond motifs is 33. The number of benzene rings is 21. The van der Waals surface area contributed by atoms with Gasteiger partial charge in [0.2, 0.25) is 0 Å². The molecule has 1 heterocycles. The Kier molecular flexibility index (Phi) is 12.3. The van der Waals surface area contributed by atoms with Crippen LogP contribution in [0.5, 0.6) is 0 Å². The predicted molar refractivity (Wildman–Crippen MR) is 474 cm³/mol. The average Bonchev–Trinajstić information content (AvgIpc) is 1.51. The maximum atomic E-state index is 6.54. The lowest BCUT2D eigenvalue weighted by atomic mass is 9.69. The fourth-order valence-corrected chi connectivity index (χ4v) is 21.8. The number of para-hydroxylation sites is 1. The molecule has 0 radical (unpaired) electrons. The minimum Gasteiger partial charge on any atom is -0.456 e. The Labute approximate surface area is 651 Å². The second-order valence-electron chi connectivity index (χ2n) is 31.9. The van der Waals surface area contributed by atoms with Crippen LogP contribution in [0.25, 0.3) is 208 Å². The minimum absolute atomic E-state index is 0.472. The van der Waals surface area contributed by atoms with E-state index < -0.39 is 10.8 Å². The van der Waals surface area contributed by atoms with E-state index in [4.69, 9.17) is 4.42 Å². The van der Waals surface area contributed by atoms with E-state index in [9.17, 15) is 0 Å². The third-order valence-electron chi connectivity index (χ3n) is 26.5. The molecule has 0 saturated heterocycles. The van der Waals surface area contributed by atoms with Gasteiger partial charge in [0.15, 0.2) is 0 Å². The quantitative estimate of drug-likeness (QED) is 0.124. The Hall–Kier alpha value is -14.5. The minimum atomic E-state index is -0.553. The molecule has 1 nitrogen and oxygen atoms in total. The molecule has 113 heavy (non-hydrogen) atoms. The molecule has 0 fully saturated rings. The first-order chi connectivity index (χ1) is 56.0. The second kappa shape index (κ2) is 22.6. The van der Waals surface area contributed by atoms with Crippen molar-refractivity contribution < 1.29 is 4.42 Å². The summed E-state index contributed by atoms with van der Waals surface area (Å²) in [6.45, 7) is 0. The van der Waals surface area contributed by atoms with E-state index in [0.717, 1.165) is 33.1 Å². The smallest absolute Gasteiger partial charge is 0.135 e. The summed E-state index contributed by atoms with van der Waals surface area (Å²) >= 11 is 0. The predicted octanol–water partition coefficient (Wildman–Crippen LogP) is 29.8. The van der Waals surface area contributed by atoms with Crippen LogP contribution < -0.4 is 0 Å². The van der Waals surface area contributed by atoms with Crippen molar-refractivity contribution in [2.75, 3.05) is 0 Å². The summed E-state index contributed by atoms with van der Waals surface area (Å²) in [7, 11) is 0. The van der Waals surface area contributed by atoms with Crippen molar-refractivity contribution in [3.05, 3.63) is 433 Å². The standard InChI is InChI=1S/C112H64O/c1-2-21-67-62-103-95(56-66(67)20-1)96-57-71-42-40-68(54-79(71)64-104(96)111(103)99-35-14-9-28-84(99)85-29-10-15-36-100(85)111)65-23-19-24-76(52-65)108-89-33-7-8-34-90(89)109(77-47-51-107-97(60-77)88-32-13-18-39-106(88)113-107)98-58-70(44-49-91(98)108)69-41-43-72-63-105-94(61-78(72)53-69)92-50-46-74-55-75(93-59-73-22-3-4-25-80(73)82-26-5-6-27-83(82)93)45-48-81(74)110(92)112(105)101-37-16-11-30-86(101)87-31-12-17-38-102(87)112/h1-64H. The van der Waals surface area contributed by atoms with Crippen molar-refractivity contribution >= 4 is 108 Å². The summed E-state index contributed by atoms with van der Waals surface area (Å²) in [6.07, 6.45) is 0. The molecule has 0 saturated carbocycles. The van der Waals surface area contributed by atoms with Gasteiger partial charge in [-0.15, -0.1) is 0 Å². The van der Waals surface area contributed by atoms with Gasteiger partial charge in [0.25, 0.3) is 0 Å². The number of hydrogen-bond acceptors (Lipinski definition) is 1. The third-order valence-corrected chi connectivity index (χ3v) is 26.5. The largest absolute Gasteiger partial charge is 0.456 e. The zero-order valence-electron chi connectivity index (χ0n) is 61.4. The first kappa shape index (κ1) is 61.4. The molecule has 518 valence electrons. The van der Waals surface area contributed by atoms with Crippen LogP contribution in [0.15, 0.2) is 393 Å². The summed E-state index contributed by atoms with van der Waals surface area (Å²) in [6, 6.07) is 148. The van der Waals surface area contributed by atoms with Crippen LogP contribution in [0.3, 0.4) is 0 Å². The van der Waals surface area contributed by atoms with E-state index >= 15 is 0 Å². The van der Waals surface area contributed by atoms with Crippen molar-refractivity contribution in [1.82, 2.24) is 0 Å². The fraction of sp³-hybridized carbons (Fsp3) is 0.0179. The van der Waals surface area contributed by atoms with Crippen LogP contribution >= 0.6 is 0 Å². The second-order valence-corrected chi connectivity index (χ2v) is 31.9. The molecule has 26 rings (SSSR count). The van der Waals surface area contributed by atoms with Gasteiger partial charge in [-0.3, -0.25) is 0 Å². The Morgan fingerprint density at radius 2 is 0.540 bits per heavy atom. The summed E-state index contributed by atoms with van der Waals surface area (Å²) < 4.78 is 6.54. The molecule has 0 unspecified atom stereocenters. The van der Waals surface area contributed by atoms with E-state index in [2.05, 4.69) is 388 Å².